The smallest absolute Gasteiger partial charge is 0.239 e. The molecule has 0 radical (unpaired) electrons. The van der Waals surface area contributed by atoms with Gasteiger partial charge in [-0.2, -0.15) is 0 Å². The number of thioether (sulfide) groups is 1. The van der Waals surface area contributed by atoms with Crippen molar-refractivity contribution in [2.45, 2.75) is 30.6 Å². The molecule has 1 heterocycles. The third-order valence-corrected chi connectivity index (χ3v) is 4.31. The Balaban J connectivity index is 1.77. The van der Waals surface area contributed by atoms with Crippen molar-refractivity contribution in [2.24, 2.45) is 7.05 Å². The minimum Gasteiger partial charge on any atom is -0.390 e. The van der Waals surface area contributed by atoms with Crippen molar-refractivity contribution in [1.82, 2.24) is 19.8 Å². The molecule has 0 unspecified atom stereocenters. The lowest BCUT2D eigenvalue weighted by Crippen LogP contribution is -2.39. The number of aliphatic hydroxyl groups is 1. The maximum atomic E-state index is 12.0. The largest absolute Gasteiger partial charge is 0.390 e. The molecule has 0 bridgehead atoms. The van der Waals surface area contributed by atoms with Crippen molar-refractivity contribution < 1.29 is 14.7 Å². The molecule has 1 aromatic heterocycles. The first-order valence-corrected chi connectivity index (χ1v) is 7.77. The number of aromatic nitrogens is 2. The van der Waals surface area contributed by atoms with E-state index in [1.54, 1.807) is 24.9 Å². The number of hydrogen-bond acceptors (Lipinski definition) is 5. The minimum absolute atomic E-state index is 0.0817. The summed E-state index contributed by atoms with van der Waals surface area (Å²) in [5.41, 5.74) is 0.696. The molecule has 0 saturated heterocycles. The van der Waals surface area contributed by atoms with Gasteiger partial charge in [0.2, 0.25) is 11.8 Å². The second-order valence-electron chi connectivity index (χ2n) is 5.13. The molecule has 2 rings (SSSR count). The van der Waals surface area contributed by atoms with E-state index in [0.29, 0.717) is 16.9 Å². The number of aliphatic hydroxyl groups excluding tert-OH is 1. The van der Waals surface area contributed by atoms with Crippen LogP contribution in [0.5, 0.6) is 0 Å². The van der Waals surface area contributed by atoms with Gasteiger partial charge in [0.1, 0.15) is 0 Å². The van der Waals surface area contributed by atoms with E-state index in [2.05, 4.69) is 10.3 Å². The van der Waals surface area contributed by atoms with E-state index in [1.165, 1.54) is 16.7 Å². The van der Waals surface area contributed by atoms with Gasteiger partial charge < -0.3 is 19.9 Å². The summed E-state index contributed by atoms with van der Waals surface area (Å²) in [6.45, 7) is -0.00238. The van der Waals surface area contributed by atoms with E-state index >= 15 is 0 Å². The van der Waals surface area contributed by atoms with E-state index in [0.717, 1.165) is 12.8 Å². The van der Waals surface area contributed by atoms with Gasteiger partial charge in [-0.1, -0.05) is 11.8 Å². The molecule has 1 saturated carbocycles. The van der Waals surface area contributed by atoms with Crippen LogP contribution >= 0.6 is 11.8 Å². The number of rotatable bonds is 7. The molecule has 1 aliphatic rings. The summed E-state index contributed by atoms with van der Waals surface area (Å²) in [5.74, 6) is -0.0273. The van der Waals surface area contributed by atoms with Crippen molar-refractivity contribution in [3.05, 3.63) is 11.9 Å². The number of likely N-dealkylation sites (N-methyl/N-ethyl adjacent to an activating group) is 1. The quantitative estimate of drug-likeness (QED) is 0.678. The van der Waals surface area contributed by atoms with Crippen LogP contribution in [0.15, 0.2) is 11.4 Å². The van der Waals surface area contributed by atoms with Crippen molar-refractivity contribution >= 4 is 23.6 Å². The zero-order valence-electron chi connectivity index (χ0n) is 12.2. The Morgan fingerprint density at radius 1 is 1.57 bits per heavy atom. The molecule has 8 heteroatoms. The fourth-order valence-corrected chi connectivity index (χ4v) is 2.66. The normalized spacial score (nSPS) is 14.0. The SMILES string of the molecule is CN(CC(=O)NC1CC1)C(=O)CSc1ncc(CO)n1C. The topological polar surface area (TPSA) is 87.5 Å². The molecule has 21 heavy (non-hydrogen) atoms. The molecule has 0 spiro atoms. The molecule has 0 atom stereocenters. The first kappa shape index (κ1) is 15.8. The van der Waals surface area contributed by atoms with Gasteiger partial charge in [0, 0.05) is 20.1 Å². The molecular weight excluding hydrogens is 292 g/mol. The molecule has 2 amide bonds. The zero-order valence-corrected chi connectivity index (χ0v) is 13.0. The standard InChI is InChI=1S/C13H20N4O3S/c1-16(6-11(19)15-9-3-4-9)12(20)8-21-13-14-5-10(7-18)17(13)2/h5,9,18H,3-4,6-8H2,1-2H3,(H,15,19). The van der Waals surface area contributed by atoms with Gasteiger partial charge in [-0.25, -0.2) is 4.98 Å². The molecule has 116 valence electrons. The third-order valence-electron chi connectivity index (χ3n) is 3.28. The van der Waals surface area contributed by atoms with Crippen LogP contribution in [0.3, 0.4) is 0 Å². The predicted molar refractivity (Wildman–Crippen MR) is 78.7 cm³/mol. The van der Waals surface area contributed by atoms with Gasteiger partial charge in [0.25, 0.3) is 0 Å². The molecular formula is C13H20N4O3S. The molecule has 0 aliphatic heterocycles. The summed E-state index contributed by atoms with van der Waals surface area (Å²) in [4.78, 5) is 29.2. The number of carbonyl (C=O) groups is 2. The second-order valence-corrected chi connectivity index (χ2v) is 6.07. The first-order chi connectivity index (χ1) is 10.0. The molecule has 1 aromatic rings. The summed E-state index contributed by atoms with van der Waals surface area (Å²) in [6, 6.07) is 0.305. The van der Waals surface area contributed by atoms with E-state index < -0.39 is 0 Å². The van der Waals surface area contributed by atoms with Gasteiger partial charge in [-0.3, -0.25) is 9.59 Å². The van der Waals surface area contributed by atoms with Crippen molar-refractivity contribution in [1.29, 1.82) is 0 Å². The van der Waals surface area contributed by atoms with Crippen LogP contribution in [0.1, 0.15) is 18.5 Å². The van der Waals surface area contributed by atoms with Crippen molar-refractivity contribution in [3.8, 4) is 0 Å². The van der Waals surface area contributed by atoms with Gasteiger partial charge in [-0.15, -0.1) is 0 Å². The van der Waals surface area contributed by atoms with E-state index in [1.807, 2.05) is 0 Å². The first-order valence-electron chi connectivity index (χ1n) is 6.79. The van der Waals surface area contributed by atoms with Crippen LogP contribution < -0.4 is 5.32 Å². The summed E-state index contributed by atoms with van der Waals surface area (Å²) in [7, 11) is 3.41. The minimum atomic E-state index is -0.125. The van der Waals surface area contributed by atoms with Crippen LogP contribution in [0, 0.1) is 0 Å². The Hall–Kier alpha value is -1.54. The molecule has 2 N–H and O–H groups in total. The Morgan fingerprint density at radius 2 is 2.29 bits per heavy atom. The maximum Gasteiger partial charge on any atom is 0.239 e. The van der Waals surface area contributed by atoms with E-state index in [4.69, 9.17) is 5.11 Å². The van der Waals surface area contributed by atoms with Gasteiger partial charge >= 0.3 is 0 Å². The highest BCUT2D eigenvalue weighted by molar-refractivity contribution is 7.99. The lowest BCUT2D eigenvalue weighted by atomic mass is 10.5. The number of amides is 2. The Morgan fingerprint density at radius 3 is 2.86 bits per heavy atom. The predicted octanol–water partition coefficient (Wildman–Crippen LogP) is -0.258. The van der Waals surface area contributed by atoms with Crippen molar-refractivity contribution in [3.63, 3.8) is 0 Å². The molecule has 1 aliphatic carbocycles. The monoisotopic (exact) mass is 312 g/mol. The van der Waals surface area contributed by atoms with Crippen LogP contribution in [0.4, 0.5) is 0 Å². The Kier molecular flexibility index (Phi) is 5.24. The fraction of sp³-hybridized carbons (Fsp3) is 0.615. The number of nitrogens with zero attached hydrogens (tertiary/aromatic N) is 3. The number of nitrogens with one attached hydrogen (secondary N) is 1. The average Bonchev–Trinajstić information content (AvgIpc) is 3.18. The van der Waals surface area contributed by atoms with Crippen LogP contribution in [0.2, 0.25) is 0 Å². The molecule has 1 fully saturated rings. The van der Waals surface area contributed by atoms with Crippen LogP contribution in [-0.2, 0) is 23.2 Å². The maximum absolute atomic E-state index is 12.0. The summed E-state index contributed by atoms with van der Waals surface area (Å²) in [5, 5.41) is 12.6. The highest BCUT2D eigenvalue weighted by Gasteiger charge is 2.24. The van der Waals surface area contributed by atoms with Crippen LogP contribution in [-0.4, -0.2) is 56.8 Å². The lowest BCUT2D eigenvalue weighted by molar-refractivity contribution is -0.132. The second kappa shape index (κ2) is 6.95. The van der Waals surface area contributed by atoms with E-state index in [9.17, 15) is 9.59 Å². The Labute approximate surface area is 127 Å². The van der Waals surface area contributed by atoms with Gasteiger partial charge in [-0.05, 0) is 12.8 Å². The number of carbonyl (C=O) groups excluding carboxylic acids is 2. The molecule has 7 nitrogen and oxygen atoms in total. The average molecular weight is 312 g/mol. The summed E-state index contributed by atoms with van der Waals surface area (Å²) < 4.78 is 1.75. The summed E-state index contributed by atoms with van der Waals surface area (Å²) in [6.07, 6.45) is 3.65. The zero-order chi connectivity index (χ0) is 15.4. The highest BCUT2D eigenvalue weighted by atomic mass is 32.2. The van der Waals surface area contributed by atoms with Crippen LogP contribution in [0.25, 0.3) is 0 Å². The lowest BCUT2D eigenvalue weighted by Gasteiger charge is -2.16. The Bertz CT molecular complexity index is 527. The van der Waals surface area contributed by atoms with Gasteiger partial charge in [0.15, 0.2) is 5.16 Å². The highest BCUT2D eigenvalue weighted by Crippen LogP contribution is 2.19. The summed E-state index contributed by atoms with van der Waals surface area (Å²) >= 11 is 1.29. The van der Waals surface area contributed by atoms with Gasteiger partial charge in [0.05, 0.1) is 30.8 Å². The molecule has 0 aromatic carbocycles. The third kappa shape index (κ3) is 4.47. The van der Waals surface area contributed by atoms with Crippen molar-refractivity contribution in [2.75, 3.05) is 19.3 Å². The fourth-order valence-electron chi connectivity index (χ4n) is 1.75. The number of imidazole rings is 1. The number of hydrogen-bond donors (Lipinski definition) is 2. The van der Waals surface area contributed by atoms with E-state index in [-0.39, 0.29) is 30.7 Å².